The second-order valence-electron chi connectivity index (χ2n) is 5.25. The van der Waals surface area contributed by atoms with E-state index < -0.39 is 0 Å². The van der Waals surface area contributed by atoms with E-state index in [9.17, 15) is 0 Å². The van der Waals surface area contributed by atoms with Gasteiger partial charge >= 0.3 is 0 Å². The summed E-state index contributed by atoms with van der Waals surface area (Å²) in [5.74, 6) is 1.43. The van der Waals surface area contributed by atoms with Gasteiger partial charge in [-0.2, -0.15) is 0 Å². The molecule has 0 spiro atoms. The third-order valence-corrected chi connectivity index (χ3v) is 4.14. The Hall–Kier alpha value is -1.08. The zero-order chi connectivity index (χ0) is 12.3. The number of piperidine rings is 1. The van der Waals surface area contributed by atoms with Crippen molar-refractivity contribution in [1.29, 1.82) is 0 Å². The SMILES string of the molecule is C=C[C@H]1CCN([C@H](C)c2ccccc2)C[C@H]1C. The van der Waals surface area contributed by atoms with Gasteiger partial charge in [0, 0.05) is 12.6 Å². The van der Waals surface area contributed by atoms with E-state index in [0.717, 1.165) is 5.92 Å². The number of rotatable bonds is 3. The van der Waals surface area contributed by atoms with Crippen molar-refractivity contribution < 1.29 is 0 Å². The summed E-state index contributed by atoms with van der Waals surface area (Å²) in [7, 11) is 0. The normalized spacial score (nSPS) is 27.6. The number of benzene rings is 1. The van der Waals surface area contributed by atoms with E-state index in [1.165, 1.54) is 25.1 Å². The van der Waals surface area contributed by atoms with Gasteiger partial charge in [0.1, 0.15) is 0 Å². The lowest BCUT2D eigenvalue weighted by Gasteiger charge is -2.39. The fourth-order valence-corrected chi connectivity index (χ4v) is 2.84. The van der Waals surface area contributed by atoms with Crippen LogP contribution in [-0.4, -0.2) is 18.0 Å². The highest BCUT2D eigenvalue weighted by molar-refractivity contribution is 5.18. The summed E-state index contributed by atoms with van der Waals surface area (Å²) in [5.41, 5.74) is 1.43. The summed E-state index contributed by atoms with van der Waals surface area (Å²) in [5, 5.41) is 0. The van der Waals surface area contributed by atoms with Gasteiger partial charge in [0.2, 0.25) is 0 Å². The van der Waals surface area contributed by atoms with E-state index >= 15 is 0 Å². The van der Waals surface area contributed by atoms with E-state index in [2.05, 4.69) is 61.7 Å². The van der Waals surface area contributed by atoms with Crippen LogP contribution >= 0.6 is 0 Å². The molecule has 0 saturated carbocycles. The third-order valence-electron chi connectivity index (χ3n) is 4.14. The van der Waals surface area contributed by atoms with Gasteiger partial charge in [-0.25, -0.2) is 0 Å². The van der Waals surface area contributed by atoms with Crippen molar-refractivity contribution in [2.24, 2.45) is 11.8 Å². The molecule has 0 amide bonds. The summed E-state index contributed by atoms with van der Waals surface area (Å²) < 4.78 is 0. The Morgan fingerprint density at radius 3 is 2.65 bits per heavy atom. The highest BCUT2D eigenvalue weighted by Gasteiger charge is 2.26. The topological polar surface area (TPSA) is 3.24 Å². The Morgan fingerprint density at radius 2 is 2.06 bits per heavy atom. The molecule has 0 radical (unpaired) electrons. The zero-order valence-corrected chi connectivity index (χ0v) is 11.0. The van der Waals surface area contributed by atoms with Crippen molar-refractivity contribution in [1.82, 2.24) is 4.90 Å². The minimum absolute atomic E-state index is 0.532. The maximum Gasteiger partial charge on any atom is 0.0319 e. The first-order valence-corrected chi connectivity index (χ1v) is 6.64. The molecule has 1 heteroatoms. The van der Waals surface area contributed by atoms with Crippen LogP contribution in [0.5, 0.6) is 0 Å². The fourth-order valence-electron chi connectivity index (χ4n) is 2.84. The van der Waals surface area contributed by atoms with E-state index in [1.807, 2.05) is 0 Å². The molecule has 17 heavy (non-hydrogen) atoms. The predicted molar refractivity (Wildman–Crippen MR) is 73.9 cm³/mol. The van der Waals surface area contributed by atoms with Crippen molar-refractivity contribution in [3.05, 3.63) is 48.6 Å². The maximum atomic E-state index is 3.94. The third kappa shape index (κ3) is 2.78. The predicted octanol–water partition coefficient (Wildman–Crippen LogP) is 3.89. The number of hydrogen-bond donors (Lipinski definition) is 0. The summed E-state index contributed by atoms with van der Waals surface area (Å²) in [6, 6.07) is 11.3. The van der Waals surface area contributed by atoms with E-state index in [4.69, 9.17) is 0 Å². The summed E-state index contributed by atoms with van der Waals surface area (Å²) in [4.78, 5) is 2.60. The molecular formula is C16H23N. The summed E-state index contributed by atoms with van der Waals surface area (Å²) in [6.07, 6.45) is 3.39. The molecule has 1 aliphatic rings. The standard InChI is InChI=1S/C16H23N/c1-4-15-10-11-17(12-13(15)2)14(3)16-8-6-5-7-9-16/h4-9,13-15H,1,10-12H2,2-3H3/t13-,14-,15+/m1/s1. The van der Waals surface area contributed by atoms with Crippen LogP contribution in [0.2, 0.25) is 0 Å². The van der Waals surface area contributed by atoms with Crippen molar-refractivity contribution >= 4 is 0 Å². The van der Waals surface area contributed by atoms with Gasteiger partial charge in [-0.3, -0.25) is 4.90 Å². The molecule has 1 heterocycles. The Bertz CT molecular complexity index is 357. The van der Waals surface area contributed by atoms with Gasteiger partial charge in [0.25, 0.3) is 0 Å². The molecular weight excluding hydrogens is 206 g/mol. The largest absolute Gasteiger partial charge is 0.296 e. The molecule has 0 bridgehead atoms. The van der Waals surface area contributed by atoms with Crippen LogP contribution in [0.3, 0.4) is 0 Å². The second-order valence-corrected chi connectivity index (χ2v) is 5.25. The fraction of sp³-hybridized carbons (Fsp3) is 0.500. The molecule has 1 fully saturated rings. The minimum atomic E-state index is 0.532. The van der Waals surface area contributed by atoms with E-state index in [0.29, 0.717) is 12.0 Å². The molecule has 0 unspecified atom stereocenters. The summed E-state index contributed by atoms with van der Waals surface area (Å²) >= 11 is 0. The molecule has 1 aromatic carbocycles. The first-order chi connectivity index (χ1) is 8.22. The lowest BCUT2D eigenvalue weighted by atomic mass is 9.86. The first-order valence-electron chi connectivity index (χ1n) is 6.64. The molecule has 2 rings (SSSR count). The van der Waals surface area contributed by atoms with Crippen LogP contribution in [0.25, 0.3) is 0 Å². The number of hydrogen-bond acceptors (Lipinski definition) is 1. The Balaban J connectivity index is 2.02. The first kappa shape index (κ1) is 12.4. The van der Waals surface area contributed by atoms with Crippen molar-refractivity contribution in [3.63, 3.8) is 0 Å². The molecule has 1 aliphatic heterocycles. The quantitative estimate of drug-likeness (QED) is 0.711. The van der Waals surface area contributed by atoms with Gasteiger partial charge in [-0.15, -0.1) is 6.58 Å². The number of nitrogens with zero attached hydrogens (tertiary/aromatic N) is 1. The monoisotopic (exact) mass is 229 g/mol. The highest BCUT2D eigenvalue weighted by atomic mass is 15.2. The van der Waals surface area contributed by atoms with Crippen LogP contribution < -0.4 is 0 Å². The van der Waals surface area contributed by atoms with E-state index in [-0.39, 0.29) is 0 Å². The van der Waals surface area contributed by atoms with Gasteiger partial charge in [0.15, 0.2) is 0 Å². The lowest BCUT2D eigenvalue weighted by Crippen LogP contribution is -2.40. The highest BCUT2D eigenvalue weighted by Crippen LogP contribution is 2.30. The Labute approximate surface area is 105 Å². The average molecular weight is 229 g/mol. The number of allylic oxidation sites excluding steroid dienone is 1. The Kier molecular flexibility index (Phi) is 4.01. The van der Waals surface area contributed by atoms with Crippen molar-refractivity contribution in [2.45, 2.75) is 26.3 Å². The van der Waals surface area contributed by atoms with Crippen LogP contribution in [0.1, 0.15) is 31.9 Å². The molecule has 92 valence electrons. The van der Waals surface area contributed by atoms with Gasteiger partial charge in [-0.05, 0) is 37.3 Å². The van der Waals surface area contributed by atoms with Crippen molar-refractivity contribution in [2.75, 3.05) is 13.1 Å². The van der Waals surface area contributed by atoms with E-state index in [1.54, 1.807) is 0 Å². The van der Waals surface area contributed by atoms with Crippen molar-refractivity contribution in [3.8, 4) is 0 Å². The molecule has 3 atom stereocenters. The van der Waals surface area contributed by atoms with Crippen LogP contribution in [-0.2, 0) is 0 Å². The zero-order valence-electron chi connectivity index (χ0n) is 11.0. The summed E-state index contributed by atoms with van der Waals surface area (Å²) in [6.45, 7) is 11.0. The molecule has 1 aromatic rings. The van der Waals surface area contributed by atoms with Gasteiger partial charge < -0.3 is 0 Å². The van der Waals surface area contributed by atoms with Crippen LogP contribution in [0.4, 0.5) is 0 Å². The minimum Gasteiger partial charge on any atom is -0.296 e. The van der Waals surface area contributed by atoms with Crippen LogP contribution in [0.15, 0.2) is 43.0 Å². The number of likely N-dealkylation sites (tertiary alicyclic amines) is 1. The molecule has 0 aliphatic carbocycles. The average Bonchev–Trinajstić information content (AvgIpc) is 2.39. The molecule has 1 nitrogen and oxygen atoms in total. The smallest absolute Gasteiger partial charge is 0.0319 e. The lowest BCUT2D eigenvalue weighted by molar-refractivity contribution is 0.113. The van der Waals surface area contributed by atoms with Gasteiger partial charge in [0.05, 0.1) is 0 Å². The molecule has 1 saturated heterocycles. The second kappa shape index (κ2) is 5.50. The molecule has 0 aromatic heterocycles. The van der Waals surface area contributed by atoms with Gasteiger partial charge in [-0.1, -0.05) is 43.3 Å². The maximum absolute atomic E-state index is 3.94. The van der Waals surface area contributed by atoms with Crippen LogP contribution in [0, 0.1) is 11.8 Å². The Morgan fingerprint density at radius 1 is 1.35 bits per heavy atom. The molecule has 0 N–H and O–H groups in total.